The molecule has 28 heavy (non-hydrogen) atoms. The Labute approximate surface area is 167 Å². The fourth-order valence-corrected chi connectivity index (χ4v) is 4.20. The van der Waals surface area contributed by atoms with E-state index in [4.69, 9.17) is 4.52 Å². The van der Waals surface area contributed by atoms with Crippen LogP contribution in [0.3, 0.4) is 0 Å². The number of aryl methyl sites for hydroxylation is 1. The summed E-state index contributed by atoms with van der Waals surface area (Å²) in [5, 5.41) is 7.67. The summed E-state index contributed by atoms with van der Waals surface area (Å²) in [6.45, 7) is 6.90. The lowest BCUT2D eigenvalue weighted by Crippen LogP contribution is -2.19. The van der Waals surface area contributed by atoms with Crippen molar-refractivity contribution in [3.05, 3.63) is 53.7 Å². The Morgan fingerprint density at radius 3 is 2.57 bits per heavy atom. The van der Waals surface area contributed by atoms with Crippen LogP contribution < -0.4 is 9.62 Å². The number of hydrogen-bond donors (Lipinski definition) is 1. The van der Waals surface area contributed by atoms with Crippen molar-refractivity contribution in [3.8, 4) is 0 Å². The van der Waals surface area contributed by atoms with Gasteiger partial charge in [0.15, 0.2) is 5.58 Å². The lowest BCUT2D eigenvalue weighted by Gasteiger charge is -2.16. The van der Waals surface area contributed by atoms with E-state index in [1.807, 2.05) is 29.4 Å². The quantitative estimate of drug-likeness (QED) is 0.694. The molecule has 1 N–H and O–H groups in total. The topological polar surface area (TPSA) is 75.4 Å². The van der Waals surface area contributed by atoms with Gasteiger partial charge in [-0.25, -0.2) is 4.21 Å². The first-order valence-corrected chi connectivity index (χ1v) is 10.7. The summed E-state index contributed by atoms with van der Waals surface area (Å²) in [7, 11) is -0.954. The van der Waals surface area contributed by atoms with Crippen LogP contribution in [0.4, 0.5) is 11.4 Å². The van der Waals surface area contributed by atoms with E-state index in [1.54, 1.807) is 24.3 Å². The third-order valence-electron chi connectivity index (χ3n) is 4.25. The summed E-state index contributed by atoms with van der Waals surface area (Å²) < 4.78 is 18.9. The molecule has 7 heteroatoms. The van der Waals surface area contributed by atoms with Gasteiger partial charge < -0.3 is 9.84 Å². The zero-order valence-corrected chi connectivity index (χ0v) is 17.2. The third kappa shape index (κ3) is 4.42. The molecule has 1 atom stereocenters. The molecule has 6 nitrogen and oxygen atoms in total. The SMILES string of the molecule is CCC.Cc1noc2ccc(NC(=O)c3ccc(N4CCCS4=O)cc3)cc12. The Balaban J connectivity index is 0.000000706. The van der Waals surface area contributed by atoms with Gasteiger partial charge >= 0.3 is 0 Å². The second-order valence-electron chi connectivity index (χ2n) is 6.67. The van der Waals surface area contributed by atoms with Crippen LogP contribution in [-0.4, -0.2) is 27.6 Å². The molecule has 1 amide bonds. The fraction of sp³-hybridized carbons (Fsp3) is 0.333. The van der Waals surface area contributed by atoms with E-state index in [0.717, 1.165) is 29.7 Å². The number of anilines is 2. The zero-order valence-electron chi connectivity index (χ0n) is 16.4. The van der Waals surface area contributed by atoms with Crippen molar-refractivity contribution < 1.29 is 13.5 Å². The van der Waals surface area contributed by atoms with Gasteiger partial charge in [-0.2, -0.15) is 0 Å². The first kappa shape index (κ1) is 20.1. The minimum atomic E-state index is -0.954. The number of nitrogens with zero attached hydrogens (tertiary/aromatic N) is 2. The summed E-state index contributed by atoms with van der Waals surface area (Å²) >= 11 is 0. The molecule has 0 radical (unpaired) electrons. The van der Waals surface area contributed by atoms with Crippen LogP contribution >= 0.6 is 0 Å². The van der Waals surface area contributed by atoms with Crippen LogP contribution in [0, 0.1) is 6.92 Å². The van der Waals surface area contributed by atoms with Gasteiger partial charge in [0.25, 0.3) is 5.91 Å². The Bertz CT molecular complexity index is 982. The Hall–Kier alpha value is -2.67. The lowest BCUT2D eigenvalue weighted by molar-refractivity contribution is 0.102. The van der Waals surface area contributed by atoms with Gasteiger partial charge in [-0.3, -0.25) is 9.10 Å². The van der Waals surface area contributed by atoms with Gasteiger partial charge in [-0.05, 0) is 55.8 Å². The minimum absolute atomic E-state index is 0.192. The van der Waals surface area contributed by atoms with Gasteiger partial charge in [0, 0.05) is 34.6 Å². The van der Waals surface area contributed by atoms with Crippen molar-refractivity contribution in [1.82, 2.24) is 5.16 Å². The van der Waals surface area contributed by atoms with Gasteiger partial charge in [-0.1, -0.05) is 25.4 Å². The van der Waals surface area contributed by atoms with E-state index >= 15 is 0 Å². The minimum Gasteiger partial charge on any atom is -0.356 e. The number of carbonyl (C=O) groups excluding carboxylic acids is 1. The van der Waals surface area contributed by atoms with Crippen LogP contribution in [-0.2, 0) is 11.0 Å². The lowest BCUT2D eigenvalue weighted by atomic mass is 10.1. The van der Waals surface area contributed by atoms with Gasteiger partial charge in [0.1, 0.15) is 11.0 Å². The smallest absolute Gasteiger partial charge is 0.255 e. The molecule has 1 aliphatic heterocycles. The number of rotatable bonds is 3. The van der Waals surface area contributed by atoms with Crippen molar-refractivity contribution in [3.63, 3.8) is 0 Å². The summed E-state index contributed by atoms with van der Waals surface area (Å²) in [5.74, 6) is 0.509. The largest absolute Gasteiger partial charge is 0.356 e. The maximum absolute atomic E-state index is 12.4. The molecule has 148 valence electrons. The monoisotopic (exact) mass is 399 g/mol. The first-order chi connectivity index (χ1) is 13.5. The number of nitrogens with one attached hydrogen (secondary N) is 1. The maximum atomic E-state index is 12.4. The van der Waals surface area contributed by atoms with Gasteiger partial charge in [0.05, 0.1) is 5.69 Å². The van der Waals surface area contributed by atoms with Crippen LogP contribution in [0.25, 0.3) is 11.0 Å². The second-order valence-corrected chi connectivity index (χ2v) is 8.16. The molecular weight excluding hydrogens is 374 g/mol. The van der Waals surface area contributed by atoms with Crippen molar-refractivity contribution >= 4 is 39.2 Å². The van der Waals surface area contributed by atoms with Crippen molar-refractivity contribution in [2.24, 2.45) is 0 Å². The average Bonchev–Trinajstić information content (AvgIpc) is 3.28. The highest BCUT2D eigenvalue weighted by molar-refractivity contribution is 7.86. The number of hydrogen-bond acceptors (Lipinski definition) is 4. The average molecular weight is 400 g/mol. The normalized spacial score (nSPS) is 16.0. The highest BCUT2D eigenvalue weighted by atomic mass is 32.2. The molecule has 3 aromatic rings. The highest BCUT2D eigenvalue weighted by Gasteiger charge is 2.20. The summed E-state index contributed by atoms with van der Waals surface area (Å²) in [5.41, 5.74) is 3.60. The zero-order chi connectivity index (χ0) is 20.1. The number of benzene rings is 2. The van der Waals surface area contributed by atoms with Crippen LogP contribution in [0.2, 0.25) is 0 Å². The number of amides is 1. The standard InChI is InChI=1S/C18H17N3O3S.C3H8/c1-12-16-11-14(5-8-17(16)24-20-12)19-18(22)13-3-6-15(7-4-13)21-9-2-10-25(21)23;1-3-2/h3-8,11H,2,9-10H2,1H3,(H,19,22);3H2,1-2H3. The van der Waals surface area contributed by atoms with Crippen molar-refractivity contribution in [2.75, 3.05) is 21.9 Å². The van der Waals surface area contributed by atoms with E-state index < -0.39 is 11.0 Å². The molecule has 0 spiro atoms. The van der Waals surface area contributed by atoms with E-state index in [2.05, 4.69) is 24.3 Å². The predicted molar refractivity (Wildman–Crippen MR) is 114 cm³/mol. The Morgan fingerprint density at radius 2 is 1.93 bits per heavy atom. The van der Waals surface area contributed by atoms with Crippen LogP contribution in [0.1, 0.15) is 42.7 Å². The molecule has 4 rings (SSSR count). The maximum Gasteiger partial charge on any atom is 0.255 e. The van der Waals surface area contributed by atoms with Gasteiger partial charge in [-0.15, -0.1) is 0 Å². The first-order valence-electron chi connectivity index (χ1n) is 9.47. The Kier molecular flexibility index (Phi) is 6.46. The molecule has 2 aromatic carbocycles. The number of carbonyl (C=O) groups is 1. The third-order valence-corrected chi connectivity index (χ3v) is 5.77. The van der Waals surface area contributed by atoms with Crippen LogP contribution in [0.15, 0.2) is 47.0 Å². The number of fused-ring (bicyclic) bond motifs is 1. The molecule has 1 fully saturated rings. The second kappa shape index (κ2) is 9.01. The van der Waals surface area contributed by atoms with Crippen LogP contribution in [0.5, 0.6) is 0 Å². The Morgan fingerprint density at radius 1 is 1.21 bits per heavy atom. The molecule has 1 aliphatic rings. The van der Waals surface area contributed by atoms with E-state index in [9.17, 15) is 9.00 Å². The highest BCUT2D eigenvalue weighted by Crippen LogP contribution is 2.24. The molecule has 2 heterocycles. The molecule has 1 unspecified atom stereocenters. The van der Waals surface area contributed by atoms with E-state index in [1.165, 1.54) is 6.42 Å². The molecule has 0 bridgehead atoms. The van der Waals surface area contributed by atoms with Crippen molar-refractivity contribution in [2.45, 2.75) is 33.6 Å². The van der Waals surface area contributed by atoms with Gasteiger partial charge in [0.2, 0.25) is 0 Å². The predicted octanol–water partition coefficient (Wildman–Crippen LogP) is 4.68. The van der Waals surface area contributed by atoms with E-state index in [-0.39, 0.29) is 5.91 Å². The molecule has 1 saturated heterocycles. The summed E-state index contributed by atoms with van der Waals surface area (Å²) in [4.78, 5) is 12.4. The molecule has 0 saturated carbocycles. The molecule has 0 aliphatic carbocycles. The fourth-order valence-electron chi connectivity index (χ4n) is 2.91. The summed E-state index contributed by atoms with van der Waals surface area (Å²) in [6.07, 6.45) is 2.18. The van der Waals surface area contributed by atoms with Crippen molar-refractivity contribution in [1.29, 1.82) is 0 Å². The summed E-state index contributed by atoms with van der Waals surface area (Å²) in [6, 6.07) is 12.6. The van der Waals surface area contributed by atoms with E-state index in [0.29, 0.717) is 22.6 Å². The number of aromatic nitrogens is 1. The molecule has 1 aromatic heterocycles. The molecular formula is C21H25N3O3S.